The molecule has 0 N–H and O–H groups in total. The Bertz CT molecular complexity index is 830. The first kappa shape index (κ1) is 14.6. The highest BCUT2D eigenvalue weighted by Gasteiger charge is 2.34. The molecule has 5 heteroatoms. The molecule has 4 rings (SSSR count). The van der Waals surface area contributed by atoms with Gasteiger partial charge in [-0.05, 0) is 5.56 Å². The molecular formula is C19H17N3O2. The van der Waals surface area contributed by atoms with Crippen LogP contribution in [0.25, 0.3) is 11.4 Å². The summed E-state index contributed by atoms with van der Waals surface area (Å²) in [6.45, 7) is 1.24. The summed E-state index contributed by atoms with van der Waals surface area (Å²) in [4.78, 5) is 18.6. The summed E-state index contributed by atoms with van der Waals surface area (Å²) in [5, 5.41) is 4.05. The molecule has 0 bridgehead atoms. The maximum atomic E-state index is 12.3. The fraction of sp³-hybridized carbons (Fsp3) is 0.211. The molecule has 1 aromatic heterocycles. The smallest absolute Gasteiger partial charge is 0.232 e. The maximum Gasteiger partial charge on any atom is 0.232 e. The van der Waals surface area contributed by atoms with Crippen molar-refractivity contribution in [3.8, 4) is 11.4 Å². The van der Waals surface area contributed by atoms with Crippen LogP contribution in [0.1, 0.15) is 23.8 Å². The van der Waals surface area contributed by atoms with Gasteiger partial charge in [0.15, 0.2) is 0 Å². The van der Waals surface area contributed by atoms with Crippen LogP contribution in [0, 0.1) is 0 Å². The highest BCUT2D eigenvalue weighted by molar-refractivity contribution is 5.79. The molecule has 5 nitrogen and oxygen atoms in total. The first-order chi connectivity index (χ1) is 11.8. The zero-order chi connectivity index (χ0) is 16.4. The second-order valence-corrected chi connectivity index (χ2v) is 5.98. The van der Waals surface area contributed by atoms with E-state index >= 15 is 0 Å². The number of hydrogen-bond donors (Lipinski definition) is 0. The van der Waals surface area contributed by atoms with Gasteiger partial charge in [-0.2, -0.15) is 4.98 Å². The predicted octanol–water partition coefficient (Wildman–Crippen LogP) is 3.25. The fourth-order valence-corrected chi connectivity index (χ4v) is 3.00. The lowest BCUT2D eigenvalue weighted by atomic mass is 10.1. The zero-order valence-corrected chi connectivity index (χ0v) is 13.1. The van der Waals surface area contributed by atoms with Gasteiger partial charge in [0.25, 0.3) is 0 Å². The van der Waals surface area contributed by atoms with Gasteiger partial charge >= 0.3 is 0 Å². The Morgan fingerprint density at radius 3 is 2.50 bits per heavy atom. The van der Waals surface area contributed by atoms with Gasteiger partial charge < -0.3 is 9.42 Å². The average molecular weight is 319 g/mol. The molecule has 1 aliphatic rings. The lowest BCUT2D eigenvalue weighted by Gasteiger charge is -2.15. The van der Waals surface area contributed by atoms with Gasteiger partial charge in [0, 0.05) is 25.1 Å². The quantitative estimate of drug-likeness (QED) is 0.740. The lowest BCUT2D eigenvalue weighted by molar-refractivity contribution is -0.128. The molecule has 1 saturated heterocycles. The zero-order valence-electron chi connectivity index (χ0n) is 13.1. The van der Waals surface area contributed by atoms with Crippen molar-refractivity contribution in [1.29, 1.82) is 0 Å². The summed E-state index contributed by atoms with van der Waals surface area (Å²) >= 11 is 0. The standard InChI is InChI=1S/C19H17N3O2/c23-17-11-16(13-22(17)12-14-7-3-1-4-8-14)19-20-18(21-24-19)15-9-5-2-6-10-15/h1-10,16H,11-13H2. The normalized spacial score (nSPS) is 17.4. The third kappa shape index (κ3) is 2.93. The third-order valence-corrected chi connectivity index (χ3v) is 4.25. The minimum atomic E-state index is -0.0359. The van der Waals surface area contributed by atoms with E-state index in [1.165, 1.54) is 0 Å². The Morgan fingerprint density at radius 1 is 1.04 bits per heavy atom. The molecule has 1 aliphatic heterocycles. The summed E-state index contributed by atoms with van der Waals surface area (Å²) < 4.78 is 5.41. The molecule has 0 radical (unpaired) electrons. The van der Waals surface area contributed by atoms with E-state index in [0.29, 0.717) is 31.2 Å². The Morgan fingerprint density at radius 2 is 1.75 bits per heavy atom. The van der Waals surface area contributed by atoms with E-state index in [4.69, 9.17) is 4.52 Å². The number of likely N-dealkylation sites (tertiary alicyclic amines) is 1. The first-order valence-electron chi connectivity index (χ1n) is 8.00. The van der Waals surface area contributed by atoms with E-state index in [1.807, 2.05) is 65.6 Å². The summed E-state index contributed by atoms with van der Waals surface area (Å²) in [7, 11) is 0. The van der Waals surface area contributed by atoms with Gasteiger partial charge in [-0.1, -0.05) is 65.8 Å². The van der Waals surface area contributed by atoms with E-state index in [2.05, 4.69) is 10.1 Å². The number of carbonyl (C=O) groups excluding carboxylic acids is 1. The number of rotatable bonds is 4. The Hall–Kier alpha value is -2.95. The number of nitrogens with zero attached hydrogens (tertiary/aromatic N) is 3. The Balaban J connectivity index is 1.48. The summed E-state index contributed by atoms with van der Waals surface area (Å²) in [6.07, 6.45) is 0.420. The van der Waals surface area contributed by atoms with Gasteiger partial charge in [-0.15, -0.1) is 0 Å². The van der Waals surface area contributed by atoms with E-state index in [0.717, 1.165) is 11.1 Å². The molecule has 3 aromatic rings. The van der Waals surface area contributed by atoms with Crippen LogP contribution in [0.2, 0.25) is 0 Å². The SMILES string of the molecule is O=C1CC(c2nc(-c3ccccc3)no2)CN1Cc1ccccc1. The van der Waals surface area contributed by atoms with Crippen LogP contribution in [0.15, 0.2) is 65.2 Å². The van der Waals surface area contributed by atoms with Crippen LogP contribution in [0.3, 0.4) is 0 Å². The summed E-state index contributed by atoms with van der Waals surface area (Å²) in [5.41, 5.74) is 2.04. The highest BCUT2D eigenvalue weighted by Crippen LogP contribution is 2.29. The minimum absolute atomic E-state index is 0.0359. The molecule has 1 fully saturated rings. The maximum absolute atomic E-state index is 12.3. The lowest BCUT2D eigenvalue weighted by Crippen LogP contribution is -2.24. The second kappa shape index (κ2) is 6.28. The molecule has 120 valence electrons. The third-order valence-electron chi connectivity index (χ3n) is 4.25. The fourth-order valence-electron chi connectivity index (χ4n) is 3.00. The monoisotopic (exact) mass is 319 g/mol. The van der Waals surface area contributed by atoms with Gasteiger partial charge in [0.05, 0.1) is 5.92 Å². The van der Waals surface area contributed by atoms with Crippen LogP contribution in [0.5, 0.6) is 0 Å². The van der Waals surface area contributed by atoms with Gasteiger partial charge in [-0.3, -0.25) is 4.79 Å². The van der Waals surface area contributed by atoms with E-state index in [1.54, 1.807) is 0 Å². The van der Waals surface area contributed by atoms with Gasteiger partial charge in [0.2, 0.25) is 17.6 Å². The average Bonchev–Trinajstić information content (AvgIpc) is 3.24. The first-order valence-corrected chi connectivity index (χ1v) is 8.00. The minimum Gasteiger partial charge on any atom is -0.339 e. The van der Waals surface area contributed by atoms with Crippen LogP contribution < -0.4 is 0 Å². The van der Waals surface area contributed by atoms with Crippen molar-refractivity contribution in [3.05, 3.63) is 72.1 Å². The number of benzene rings is 2. The van der Waals surface area contributed by atoms with Crippen molar-refractivity contribution in [2.75, 3.05) is 6.54 Å². The summed E-state index contributed by atoms with van der Waals surface area (Å²) in [5.74, 6) is 1.20. The van der Waals surface area contributed by atoms with E-state index < -0.39 is 0 Å². The Labute approximate surface area is 139 Å². The molecule has 2 heterocycles. The second-order valence-electron chi connectivity index (χ2n) is 5.98. The van der Waals surface area contributed by atoms with Crippen molar-refractivity contribution < 1.29 is 9.32 Å². The predicted molar refractivity (Wildman–Crippen MR) is 89.0 cm³/mol. The number of carbonyl (C=O) groups is 1. The largest absolute Gasteiger partial charge is 0.339 e. The van der Waals surface area contributed by atoms with Crippen molar-refractivity contribution in [1.82, 2.24) is 15.0 Å². The number of amides is 1. The molecule has 0 spiro atoms. The Kier molecular flexibility index (Phi) is 3.83. The van der Waals surface area contributed by atoms with Gasteiger partial charge in [-0.25, -0.2) is 0 Å². The topological polar surface area (TPSA) is 59.2 Å². The van der Waals surface area contributed by atoms with Crippen molar-refractivity contribution in [2.45, 2.75) is 18.9 Å². The van der Waals surface area contributed by atoms with Crippen LogP contribution in [0.4, 0.5) is 0 Å². The molecule has 24 heavy (non-hydrogen) atoms. The molecule has 1 amide bonds. The van der Waals surface area contributed by atoms with Crippen LogP contribution >= 0.6 is 0 Å². The van der Waals surface area contributed by atoms with Crippen molar-refractivity contribution >= 4 is 5.91 Å². The van der Waals surface area contributed by atoms with Crippen molar-refractivity contribution in [2.24, 2.45) is 0 Å². The molecular weight excluding hydrogens is 302 g/mol. The molecule has 1 unspecified atom stereocenters. The van der Waals surface area contributed by atoms with Gasteiger partial charge in [0.1, 0.15) is 0 Å². The van der Waals surface area contributed by atoms with Crippen LogP contribution in [-0.2, 0) is 11.3 Å². The van der Waals surface area contributed by atoms with Crippen LogP contribution in [-0.4, -0.2) is 27.5 Å². The summed E-state index contributed by atoms with van der Waals surface area (Å²) in [6, 6.07) is 19.7. The molecule has 1 atom stereocenters. The number of aromatic nitrogens is 2. The van der Waals surface area contributed by atoms with E-state index in [9.17, 15) is 4.79 Å². The highest BCUT2D eigenvalue weighted by atomic mass is 16.5. The molecule has 0 saturated carbocycles. The molecule has 2 aromatic carbocycles. The molecule has 0 aliphatic carbocycles. The number of hydrogen-bond acceptors (Lipinski definition) is 4. The van der Waals surface area contributed by atoms with Crippen molar-refractivity contribution in [3.63, 3.8) is 0 Å². The van der Waals surface area contributed by atoms with E-state index in [-0.39, 0.29) is 11.8 Å².